The van der Waals surface area contributed by atoms with Gasteiger partial charge < -0.3 is 9.80 Å². The van der Waals surface area contributed by atoms with Crippen molar-refractivity contribution in [1.82, 2.24) is 9.36 Å². The minimum absolute atomic E-state index is 0.732. The maximum absolute atomic E-state index is 6.11. The van der Waals surface area contributed by atoms with Gasteiger partial charge >= 0.3 is 0 Å². The molecule has 1 aliphatic rings. The van der Waals surface area contributed by atoms with Gasteiger partial charge in [-0.3, -0.25) is 0 Å². The molecule has 2 heterocycles. The summed E-state index contributed by atoms with van der Waals surface area (Å²) in [5.74, 6) is 0.865. The van der Waals surface area contributed by atoms with Crippen LogP contribution in [0.5, 0.6) is 0 Å². The normalized spacial score (nSPS) is 14.7. The number of benzene rings is 2. The van der Waals surface area contributed by atoms with Crippen LogP contribution < -0.4 is 9.80 Å². The molecule has 1 saturated heterocycles. The third-order valence-electron chi connectivity index (χ3n) is 4.46. The van der Waals surface area contributed by atoms with Crippen LogP contribution in [0.2, 0.25) is 10.0 Å². The first-order valence-electron chi connectivity index (χ1n) is 8.50. The predicted molar refractivity (Wildman–Crippen MR) is 110 cm³/mol. The van der Waals surface area contributed by atoms with Crippen molar-refractivity contribution in [2.75, 3.05) is 36.0 Å². The molecule has 2 aromatic carbocycles. The molecule has 0 radical (unpaired) electrons. The fraction of sp³-hybridized carbons (Fsp3) is 0.263. The number of hydrogen-bond acceptors (Lipinski definition) is 5. The van der Waals surface area contributed by atoms with E-state index in [2.05, 4.69) is 20.2 Å². The van der Waals surface area contributed by atoms with Gasteiger partial charge in [0.15, 0.2) is 0 Å². The predicted octanol–water partition coefficient (Wildman–Crippen LogP) is 4.76. The summed E-state index contributed by atoms with van der Waals surface area (Å²) < 4.78 is 4.52. The van der Waals surface area contributed by atoms with Crippen LogP contribution in [0.3, 0.4) is 0 Å². The maximum atomic E-state index is 6.11. The first-order valence-corrected chi connectivity index (χ1v) is 10.0. The summed E-state index contributed by atoms with van der Waals surface area (Å²) in [6.45, 7) is 3.77. The molecule has 0 N–H and O–H groups in total. The molecule has 1 aromatic heterocycles. The lowest BCUT2D eigenvalue weighted by Gasteiger charge is -2.35. The van der Waals surface area contributed by atoms with Crippen molar-refractivity contribution in [2.24, 2.45) is 0 Å². The lowest BCUT2D eigenvalue weighted by Crippen LogP contribution is -2.46. The van der Waals surface area contributed by atoms with Crippen molar-refractivity contribution < 1.29 is 0 Å². The lowest BCUT2D eigenvalue weighted by atomic mass is 10.1. The van der Waals surface area contributed by atoms with E-state index in [0.29, 0.717) is 0 Å². The molecule has 0 saturated carbocycles. The number of aromatic nitrogens is 2. The molecule has 1 aliphatic heterocycles. The van der Waals surface area contributed by atoms with E-state index in [9.17, 15) is 0 Å². The third kappa shape index (κ3) is 4.11. The molecule has 1 fully saturated rings. The number of anilines is 2. The highest BCUT2D eigenvalue weighted by Crippen LogP contribution is 2.24. The van der Waals surface area contributed by atoms with E-state index in [1.165, 1.54) is 22.8 Å². The minimum Gasteiger partial charge on any atom is -0.368 e. The Labute approximate surface area is 167 Å². The molecule has 3 aromatic rings. The maximum Gasteiger partial charge on any atom is 0.205 e. The molecule has 4 rings (SSSR count). The Morgan fingerprint density at radius 2 is 1.62 bits per heavy atom. The topological polar surface area (TPSA) is 32.3 Å². The summed E-state index contributed by atoms with van der Waals surface area (Å²) in [7, 11) is 0. The van der Waals surface area contributed by atoms with Crippen LogP contribution in [-0.2, 0) is 6.42 Å². The zero-order chi connectivity index (χ0) is 17.9. The quantitative estimate of drug-likeness (QED) is 0.627. The Morgan fingerprint density at radius 3 is 2.35 bits per heavy atom. The lowest BCUT2D eigenvalue weighted by molar-refractivity contribution is 0.651. The molecule has 0 aliphatic carbocycles. The van der Waals surface area contributed by atoms with Crippen LogP contribution >= 0.6 is 34.7 Å². The summed E-state index contributed by atoms with van der Waals surface area (Å²) in [6, 6.07) is 15.9. The summed E-state index contributed by atoms with van der Waals surface area (Å²) in [6.07, 6.45) is 0.732. The van der Waals surface area contributed by atoms with Gasteiger partial charge in [-0.05, 0) is 35.9 Å². The Bertz CT molecular complexity index is 873. The Kier molecular flexibility index (Phi) is 5.29. The van der Waals surface area contributed by atoms with Crippen molar-refractivity contribution in [1.29, 1.82) is 0 Å². The van der Waals surface area contributed by atoms with E-state index in [1.807, 2.05) is 42.5 Å². The zero-order valence-corrected chi connectivity index (χ0v) is 16.4. The SMILES string of the molecule is Clc1ccc(Cc2nsc(N3CCN(c4cccc(Cl)c4)CC3)n2)cc1. The van der Waals surface area contributed by atoms with Gasteiger partial charge in [0.1, 0.15) is 5.82 Å². The third-order valence-corrected chi connectivity index (χ3v) is 5.76. The smallest absolute Gasteiger partial charge is 0.205 e. The number of halogens is 2. The standard InChI is InChI=1S/C19H18Cl2N4S/c20-15-6-4-14(5-7-15)12-18-22-19(26-23-18)25-10-8-24(9-11-25)17-3-1-2-16(21)13-17/h1-7,13H,8-12H2. The molecule has 0 bridgehead atoms. The second kappa shape index (κ2) is 7.82. The summed E-state index contributed by atoms with van der Waals surface area (Å²) in [5, 5.41) is 2.53. The van der Waals surface area contributed by atoms with Gasteiger partial charge in [0.25, 0.3) is 0 Å². The van der Waals surface area contributed by atoms with Crippen molar-refractivity contribution in [3.8, 4) is 0 Å². The average Bonchev–Trinajstić information content (AvgIpc) is 3.12. The molecular weight excluding hydrogens is 387 g/mol. The molecule has 26 heavy (non-hydrogen) atoms. The summed E-state index contributed by atoms with van der Waals surface area (Å²) in [5.41, 5.74) is 2.35. The van der Waals surface area contributed by atoms with Gasteiger partial charge in [0.05, 0.1) is 0 Å². The van der Waals surface area contributed by atoms with Crippen LogP contribution in [0.25, 0.3) is 0 Å². The Hall–Kier alpha value is -1.82. The largest absolute Gasteiger partial charge is 0.368 e. The molecular formula is C19H18Cl2N4S. The van der Waals surface area contributed by atoms with Crippen LogP contribution in [-0.4, -0.2) is 35.5 Å². The van der Waals surface area contributed by atoms with Crippen LogP contribution in [0.4, 0.5) is 10.8 Å². The highest BCUT2D eigenvalue weighted by atomic mass is 35.5. The number of nitrogens with zero attached hydrogens (tertiary/aromatic N) is 4. The molecule has 0 unspecified atom stereocenters. The molecule has 0 atom stereocenters. The fourth-order valence-corrected chi connectivity index (χ4v) is 4.11. The van der Waals surface area contributed by atoms with Gasteiger partial charge in [-0.25, -0.2) is 4.98 Å². The minimum atomic E-state index is 0.732. The van der Waals surface area contributed by atoms with E-state index in [-0.39, 0.29) is 0 Å². The first-order chi connectivity index (χ1) is 12.7. The van der Waals surface area contributed by atoms with Crippen LogP contribution in [0.1, 0.15) is 11.4 Å². The van der Waals surface area contributed by atoms with Gasteiger partial charge in [-0.15, -0.1) is 0 Å². The second-order valence-corrected chi connectivity index (χ2v) is 7.85. The molecule has 134 valence electrons. The molecule has 7 heteroatoms. The monoisotopic (exact) mass is 404 g/mol. The molecule has 4 nitrogen and oxygen atoms in total. The molecule has 0 amide bonds. The highest BCUT2D eigenvalue weighted by molar-refractivity contribution is 7.09. The van der Waals surface area contributed by atoms with Crippen molar-refractivity contribution in [3.63, 3.8) is 0 Å². The van der Waals surface area contributed by atoms with E-state index in [4.69, 9.17) is 28.2 Å². The number of piperazine rings is 1. The first kappa shape index (κ1) is 17.6. The van der Waals surface area contributed by atoms with E-state index < -0.39 is 0 Å². The van der Waals surface area contributed by atoms with Crippen LogP contribution in [0, 0.1) is 0 Å². The van der Waals surface area contributed by atoms with E-state index >= 15 is 0 Å². The average molecular weight is 405 g/mol. The Balaban J connectivity index is 1.37. The Morgan fingerprint density at radius 1 is 0.885 bits per heavy atom. The zero-order valence-electron chi connectivity index (χ0n) is 14.1. The second-order valence-electron chi connectivity index (χ2n) is 6.25. The van der Waals surface area contributed by atoms with Gasteiger partial charge in [0.2, 0.25) is 5.13 Å². The van der Waals surface area contributed by atoms with Crippen molar-refractivity contribution in [2.45, 2.75) is 6.42 Å². The van der Waals surface area contributed by atoms with E-state index in [1.54, 1.807) is 0 Å². The van der Waals surface area contributed by atoms with Gasteiger partial charge in [-0.2, -0.15) is 4.37 Å². The summed E-state index contributed by atoms with van der Waals surface area (Å²) >= 11 is 13.5. The number of rotatable bonds is 4. The van der Waals surface area contributed by atoms with Crippen molar-refractivity contribution in [3.05, 3.63) is 70.0 Å². The number of hydrogen-bond donors (Lipinski definition) is 0. The fourth-order valence-electron chi connectivity index (χ4n) is 3.06. The van der Waals surface area contributed by atoms with Gasteiger partial charge in [-0.1, -0.05) is 41.4 Å². The van der Waals surface area contributed by atoms with Crippen molar-refractivity contribution >= 4 is 45.6 Å². The van der Waals surface area contributed by atoms with Gasteiger partial charge in [0, 0.05) is 59.9 Å². The van der Waals surface area contributed by atoms with Crippen LogP contribution in [0.15, 0.2) is 48.5 Å². The highest BCUT2D eigenvalue weighted by Gasteiger charge is 2.20. The summed E-state index contributed by atoms with van der Waals surface area (Å²) in [4.78, 5) is 9.39. The molecule has 0 spiro atoms. The van der Waals surface area contributed by atoms with E-state index in [0.717, 1.165) is 53.6 Å².